The van der Waals surface area contributed by atoms with Gasteiger partial charge in [-0.05, 0) is 66.3 Å². The van der Waals surface area contributed by atoms with E-state index in [2.05, 4.69) is 26.8 Å². The second-order valence-corrected chi connectivity index (χ2v) is 9.48. The summed E-state index contributed by atoms with van der Waals surface area (Å²) >= 11 is 0. The molecular weight excluding hydrogens is 272 g/mol. The molecule has 0 amide bonds. The van der Waals surface area contributed by atoms with E-state index in [9.17, 15) is 10.2 Å². The van der Waals surface area contributed by atoms with Gasteiger partial charge in [0.05, 0.1) is 5.60 Å². The summed E-state index contributed by atoms with van der Waals surface area (Å²) < 4.78 is 0. The summed E-state index contributed by atoms with van der Waals surface area (Å²) in [6.07, 6.45) is 8.35. The Morgan fingerprint density at radius 3 is 2.45 bits per heavy atom. The molecule has 0 radical (unpaired) electrons. The molecule has 2 nitrogen and oxygen atoms in total. The van der Waals surface area contributed by atoms with Crippen LogP contribution in [0.5, 0.6) is 0 Å². The number of hydrogen-bond donors (Lipinski definition) is 2. The maximum Gasteiger partial charge on any atom is 0.104 e. The van der Waals surface area contributed by atoms with Crippen molar-refractivity contribution in [3.05, 3.63) is 11.6 Å². The van der Waals surface area contributed by atoms with E-state index >= 15 is 0 Å². The van der Waals surface area contributed by atoms with Crippen molar-refractivity contribution >= 4 is 0 Å². The van der Waals surface area contributed by atoms with Crippen LogP contribution in [0.25, 0.3) is 0 Å². The van der Waals surface area contributed by atoms with Gasteiger partial charge in [-0.2, -0.15) is 0 Å². The highest BCUT2D eigenvalue weighted by Crippen LogP contribution is 2.63. The fraction of sp³-hybridized carbons (Fsp3) is 0.900. The normalized spacial score (nSPS) is 47.6. The average molecular weight is 306 g/mol. The van der Waals surface area contributed by atoms with Crippen LogP contribution in [0.1, 0.15) is 73.1 Å². The van der Waals surface area contributed by atoms with Gasteiger partial charge >= 0.3 is 0 Å². The van der Waals surface area contributed by atoms with Crippen LogP contribution in [0.4, 0.5) is 0 Å². The molecule has 2 heteroatoms. The third-order valence-corrected chi connectivity index (χ3v) is 7.69. The molecule has 0 bridgehead atoms. The van der Waals surface area contributed by atoms with Crippen molar-refractivity contribution in [2.24, 2.45) is 28.6 Å². The van der Waals surface area contributed by atoms with Gasteiger partial charge in [-0.25, -0.2) is 0 Å². The van der Waals surface area contributed by atoms with Crippen LogP contribution in [-0.2, 0) is 0 Å². The second-order valence-electron chi connectivity index (χ2n) is 9.48. The molecule has 0 aliphatic heterocycles. The van der Waals surface area contributed by atoms with Crippen LogP contribution >= 0.6 is 0 Å². The van der Waals surface area contributed by atoms with Crippen molar-refractivity contribution in [2.75, 3.05) is 0 Å². The summed E-state index contributed by atoms with van der Waals surface area (Å²) in [5, 5.41) is 21.9. The van der Waals surface area contributed by atoms with Crippen molar-refractivity contribution < 1.29 is 10.2 Å². The summed E-state index contributed by atoms with van der Waals surface area (Å²) in [6.45, 7) is 11.4. The lowest BCUT2D eigenvalue weighted by Crippen LogP contribution is -2.58. The van der Waals surface area contributed by atoms with E-state index in [-0.39, 0.29) is 5.92 Å². The highest BCUT2D eigenvalue weighted by atomic mass is 16.3. The first-order chi connectivity index (χ1) is 10.1. The Morgan fingerprint density at radius 2 is 1.82 bits per heavy atom. The van der Waals surface area contributed by atoms with Gasteiger partial charge in [0.1, 0.15) is 6.10 Å². The molecule has 22 heavy (non-hydrogen) atoms. The van der Waals surface area contributed by atoms with E-state index in [1.54, 1.807) is 0 Å². The summed E-state index contributed by atoms with van der Waals surface area (Å²) in [7, 11) is 0. The Morgan fingerprint density at radius 1 is 1.14 bits per heavy atom. The number of rotatable bonds is 1. The predicted molar refractivity (Wildman–Crippen MR) is 90.4 cm³/mol. The van der Waals surface area contributed by atoms with Crippen LogP contribution in [0, 0.1) is 28.6 Å². The highest BCUT2D eigenvalue weighted by Gasteiger charge is 2.57. The maximum atomic E-state index is 10.9. The van der Waals surface area contributed by atoms with Crippen LogP contribution in [0.3, 0.4) is 0 Å². The molecule has 0 heterocycles. The molecule has 5 atom stereocenters. The van der Waals surface area contributed by atoms with Crippen LogP contribution in [0.2, 0.25) is 0 Å². The van der Waals surface area contributed by atoms with E-state index in [0.29, 0.717) is 22.7 Å². The van der Waals surface area contributed by atoms with E-state index in [0.717, 1.165) is 24.8 Å². The summed E-state index contributed by atoms with van der Waals surface area (Å²) in [6, 6.07) is 0. The zero-order chi connectivity index (χ0) is 16.3. The van der Waals surface area contributed by atoms with E-state index in [4.69, 9.17) is 0 Å². The molecule has 3 aliphatic rings. The Bertz CT molecular complexity index is 478. The van der Waals surface area contributed by atoms with Gasteiger partial charge in [-0.15, -0.1) is 0 Å². The molecule has 0 aromatic rings. The van der Waals surface area contributed by atoms with Gasteiger partial charge in [0.25, 0.3) is 0 Å². The monoisotopic (exact) mass is 306 g/mol. The van der Waals surface area contributed by atoms with Crippen molar-refractivity contribution in [1.82, 2.24) is 0 Å². The number of aliphatic hydroxyl groups excluding tert-OH is 1. The third kappa shape index (κ3) is 2.13. The first-order valence-electron chi connectivity index (χ1n) is 9.23. The van der Waals surface area contributed by atoms with E-state index in [1.807, 2.05) is 13.8 Å². The lowest BCUT2D eigenvalue weighted by atomic mass is 9.46. The lowest BCUT2D eigenvalue weighted by Gasteiger charge is -2.60. The molecular formula is C20H34O2. The molecule has 0 aromatic carbocycles. The molecule has 3 aliphatic carbocycles. The topological polar surface area (TPSA) is 40.5 Å². The lowest BCUT2D eigenvalue weighted by molar-refractivity contribution is -0.138. The fourth-order valence-corrected chi connectivity index (χ4v) is 6.15. The minimum Gasteiger partial charge on any atom is -0.387 e. The van der Waals surface area contributed by atoms with Gasteiger partial charge in [0, 0.05) is 0 Å². The van der Waals surface area contributed by atoms with Crippen molar-refractivity contribution in [3.8, 4) is 0 Å². The van der Waals surface area contributed by atoms with Crippen molar-refractivity contribution in [1.29, 1.82) is 0 Å². The molecule has 3 rings (SSSR count). The van der Waals surface area contributed by atoms with Crippen molar-refractivity contribution in [2.45, 2.75) is 84.8 Å². The number of aliphatic hydroxyl groups is 2. The highest BCUT2D eigenvalue weighted by molar-refractivity contribution is 5.28. The zero-order valence-corrected chi connectivity index (χ0v) is 15.0. The second kappa shape index (κ2) is 5.08. The molecule has 2 saturated carbocycles. The zero-order valence-electron chi connectivity index (χ0n) is 15.0. The van der Waals surface area contributed by atoms with Gasteiger partial charge in [0.15, 0.2) is 0 Å². The summed E-state index contributed by atoms with van der Waals surface area (Å²) in [4.78, 5) is 0. The minimum atomic E-state index is -0.935. The SMILES string of the molecule is CC(C)[C@@]1(O)CC[C@H]2C(=CC[C@H]3C(C)(C)CCC[C@]23C)[C@@H]1O. The minimum absolute atomic E-state index is 0.0951. The van der Waals surface area contributed by atoms with Gasteiger partial charge in [-0.1, -0.05) is 47.1 Å². The standard InChI is InChI=1S/C20H34O2/c1-13(2)20(22)12-9-15-14(17(20)21)7-8-16-18(3,4)10-6-11-19(15,16)5/h7,13,15-17,21-22H,6,8-12H2,1-5H3/t15-,16-,17-,19+,20-/m0/s1. The Hall–Kier alpha value is -0.340. The molecule has 2 N–H and O–H groups in total. The van der Waals surface area contributed by atoms with E-state index < -0.39 is 11.7 Å². The van der Waals surface area contributed by atoms with Crippen LogP contribution < -0.4 is 0 Å². The molecule has 126 valence electrons. The third-order valence-electron chi connectivity index (χ3n) is 7.69. The number of allylic oxidation sites excluding steroid dienone is 1. The molecule has 0 saturated heterocycles. The largest absolute Gasteiger partial charge is 0.387 e. The Labute approximate surface area is 136 Å². The Kier molecular flexibility index (Phi) is 3.81. The van der Waals surface area contributed by atoms with Gasteiger partial charge in [-0.3, -0.25) is 0 Å². The first kappa shape index (κ1) is 16.5. The van der Waals surface area contributed by atoms with Gasteiger partial charge < -0.3 is 10.2 Å². The van der Waals surface area contributed by atoms with Crippen LogP contribution in [-0.4, -0.2) is 21.9 Å². The Balaban J connectivity index is 1.98. The maximum absolute atomic E-state index is 10.9. The molecule has 0 unspecified atom stereocenters. The number of fused-ring (bicyclic) bond motifs is 3. The first-order valence-corrected chi connectivity index (χ1v) is 9.23. The van der Waals surface area contributed by atoms with Crippen LogP contribution in [0.15, 0.2) is 11.6 Å². The summed E-state index contributed by atoms with van der Waals surface area (Å²) in [5.41, 5.74) is 0.908. The summed E-state index contributed by atoms with van der Waals surface area (Å²) in [5.74, 6) is 1.26. The average Bonchev–Trinajstić information content (AvgIpc) is 2.41. The molecule has 0 spiro atoms. The fourth-order valence-electron chi connectivity index (χ4n) is 6.15. The molecule has 0 aromatic heterocycles. The predicted octanol–water partition coefficient (Wildman–Crippen LogP) is 4.31. The molecule has 2 fully saturated rings. The van der Waals surface area contributed by atoms with Gasteiger partial charge in [0.2, 0.25) is 0 Å². The smallest absolute Gasteiger partial charge is 0.104 e. The van der Waals surface area contributed by atoms with E-state index in [1.165, 1.54) is 19.3 Å². The number of hydrogen-bond acceptors (Lipinski definition) is 2. The quantitative estimate of drug-likeness (QED) is 0.709. The van der Waals surface area contributed by atoms with Crippen molar-refractivity contribution in [3.63, 3.8) is 0 Å².